The first-order valence-corrected chi connectivity index (χ1v) is 13.4. The normalized spacial score (nSPS) is 11.5. The Morgan fingerprint density at radius 3 is 2.32 bits per heavy atom. The highest BCUT2D eigenvalue weighted by atomic mass is 35.5. The highest BCUT2D eigenvalue weighted by Crippen LogP contribution is 2.23. The molecule has 0 aliphatic rings. The van der Waals surface area contributed by atoms with Crippen molar-refractivity contribution in [3.05, 3.63) is 110 Å². The molecule has 0 spiro atoms. The fourth-order valence-corrected chi connectivity index (χ4v) is 5.63. The number of carbonyl (C=O) groups excluding carboxylic acids is 1. The van der Waals surface area contributed by atoms with Gasteiger partial charge in [0.15, 0.2) is 10.7 Å². The molecule has 0 fully saturated rings. The van der Waals surface area contributed by atoms with Crippen LogP contribution in [0.25, 0.3) is 0 Å². The zero-order valence-electron chi connectivity index (χ0n) is 19.9. The van der Waals surface area contributed by atoms with Crippen molar-refractivity contribution in [1.82, 2.24) is 14.9 Å². The van der Waals surface area contributed by atoms with Crippen LogP contribution in [0.1, 0.15) is 44.3 Å². The lowest BCUT2D eigenvalue weighted by molar-refractivity contribution is 0.0976. The number of aryl methyl sites for hydroxylation is 4. The molecule has 0 saturated carbocycles. The number of hydrogen-bond donors (Lipinski definition) is 1. The summed E-state index contributed by atoms with van der Waals surface area (Å²) in [7, 11) is -4.20. The SMILES string of the molecule is Cc1noc(C)c1S(=O)(=O)NC(=O)c1cccc(Cc2cc(Cl)ccc2CCc2ccc(Cl)cc2F)n1. The van der Waals surface area contributed by atoms with Gasteiger partial charge in [0.2, 0.25) is 0 Å². The van der Waals surface area contributed by atoms with Crippen molar-refractivity contribution in [3.63, 3.8) is 0 Å². The second-order valence-electron chi connectivity index (χ2n) is 8.43. The molecule has 2 heterocycles. The molecule has 0 radical (unpaired) electrons. The number of aromatic nitrogens is 2. The smallest absolute Gasteiger partial charge is 0.283 e. The van der Waals surface area contributed by atoms with E-state index in [9.17, 15) is 17.6 Å². The van der Waals surface area contributed by atoms with E-state index in [0.717, 1.165) is 11.1 Å². The van der Waals surface area contributed by atoms with E-state index in [1.54, 1.807) is 36.4 Å². The van der Waals surface area contributed by atoms with Crippen molar-refractivity contribution in [1.29, 1.82) is 0 Å². The molecule has 37 heavy (non-hydrogen) atoms. The topological polar surface area (TPSA) is 102 Å². The van der Waals surface area contributed by atoms with E-state index in [4.69, 9.17) is 27.7 Å². The average Bonchev–Trinajstić information content (AvgIpc) is 3.18. The zero-order chi connectivity index (χ0) is 26.7. The van der Waals surface area contributed by atoms with Gasteiger partial charge in [0.05, 0.1) is 0 Å². The number of carbonyl (C=O) groups is 1. The third-order valence-electron chi connectivity index (χ3n) is 5.72. The zero-order valence-corrected chi connectivity index (χ0v) is 22.2. The molecule has 1 amide bonds. The first-order valence-electron chi connectivity index (χ1n) is 11.2. The van der Waals surface area contributed by atoms with Crippen LogP contribution in [0.3, 0.4) is 0 Å². The molecule has 0 aliphatic heterocycles. The third kappa shape index (κ3) is 6.36. The van der Waals surface area contributed by atoms with Gasteiger partial charge >= 0.3 is 0 Å². The lowest BCUT2D eigenvalue weighted by atomic mass is 9.96. The van der Waals surface area contributed by atoms with Crippen molar-refractivity contribution in [3.8, 4) is 0 Å². The predicted molar refractivity (Wildman–Crippen MR) is 138 cm³/mol. The van der Waals surface area contributed by atoms with Crippen molar-refractivity contribution < 1.29 is 22.1 Å². The lowest BCUT2D eigenvalue weighted by Crippen LogP contribution is -2.32. The van der Waals surface area contributed by atoms with Crippen LogP contribution in [0.4, 0.5) is 4.39 Å². The number of amides is 1. The minimum atomic E-state index is -4.20. The molecule has 0 saturated heterocycles. The standard InChI is InChI=1S/C26H22Cl2FN3O4S/c1-15-25(16(2)36-31-15)37(34,35)32-26(33)24-5-3-4-22(30-24)13-19-12-20(27)10-8-17(19)6-7-18-9-11-21(28)14-23(18)29/h3-5,8-12,14H,6-7,13H2,1-2H3,(H,32,33). The Kier molecular flexibility index (Phi) is 7.96. The second-order valence-corrected chi connectivity index (χ2v) is 10.9. The minimum Gasteiger partial charge on any atom is -0.360 e. The largest absolute Gasteiger partial charge is 0.360 e. The van der Waals surface area contributed by atoms with Gasteiger partial charge in [0, 0.05) is 22.2 Å². The summed E-state index contributed by atoms with van der Waals surface area (Å²) in [4.78, 5) is 16.9. The number of nitrogens with zero attached hydrogens (tertiary/aromatic N) is 2. The number of hydrogen-bond acceptors (Lipinski definition) is 6. The summed E-state index contributed by atoms with van der Waals surface area (Å²) >= 11 is 12.1. The molecule has 1 N–H and O–H groups in total. The molecule has 0 bridgehead atoms. The van der Waals surface area contributed by atoms with E-state index in [1.807, 2.05) is 10.8 Å². The van der Waals surface area contributed by atoms with Gasteiger partial charge < -0.3 is 4.52 Å². The van der Waals surface area contributed by atoms with Crippen LogP contribution in [0.15, 0.2) is 64.0 Å². The summed E-state index contributed by atoms with van der Waals surface area (Å²) in [5.74, 6) is -1.17. The predicted octanol–water partition coefficient (Wildman–Crippen LogP) is 5.63. The van der Waals surface area contributed by atoms with Crippen molar-refractivity contribution in [2.45, 2.75) is 38.0 Å². The van der Waals surface area contributed by atoms with Gasteiger partial charge in [-0.15, -0.1) is 0 Å². The quantitative estimate of drug-likeness (QED) is 0.299. The van der Waals surface area contributed by atoms with Gasteiger partial charge in [0.1, 0.15) is 17.2 Å². The van der Waals surface area contributed by atoms with Crippen LogP contribution in [-0.2, 0) is 29.3 Å². The molecule has 11 heteroatoms. The number of sulfonamides is 1. The molecule has 0 atom stereocenters. The maximum Gasteiger partial charge on any atom is 0.283 e. The van der Waals surface area contributed by atoms with Crippen LogP contribution < -0.4 is 4.72 Å². The van der Waals surface area contributed by atoms with E-state index in [1.165, 1.54) is 26.0 Å². The number of rotatable bonds is 8. The average molecular weight is 562 g/mol. The fourth-order valence-electron chi connectivity index (χ4n) is 3.98. The fraction of sp³-hybridized carbons (Fsp3) is 0.192. The summed E-state index contributed by atoms with van der Waals surface area (Å²) in [6.07, 6.45) is 1.32. The Balaban J connectivity index is 1.53. The van der Waals surface area contributed by atoms with Crippen LogP contribution in [0, 0.1) is 19.7 Å². The van der Waals surface area contributed by atoms with Crippen LogP contribution in [0.5, 0.6) is 0 Å². The lowest BCUT2D eigenvalue weighted by Gasteiger charge is -2.12. The number of nitrogens with one attached hydrogen (secondary N) is 1. The molecule has 4 rings (SSSR count). The summed E-state index contributed by atoms with van der Waals surface area (Å²) in [6, 6.07) is 14.8. The van der Waals surface area contributed by atoms with E-state index < -0.39 is 15.9 Å². The van der Waals surface area contributed by atoms with Gasteiger partial charge in [0.25, 0.3) is 15.9 Å². The van der Waals surface area contributed by atoms with Gasteiger partial charge in [-0.2, -0.15) is 0 Å². The number of benzene rings is 2. The van der Waals surface area contributed by atoms with Gasteiger partial charge in [-0.25, -0.2) is 22.5 Å². The maximum atomic E-state index is 14.2. The Labute approximate surface area is 223 Å². The third-order valence-corrected chi connectivity index (χ3v) is 7.77. The summed E-state index contributed by atoms with van der Waals surface area (Å²) < 4.78 is 46.6. The van der Waals surface area contributed by atoms with Crippen molar-refractivity contribution in [2.75, 3.05) is 0 Å². The van der Waals surface area contributed by atoms with E-state index in [0.29, 0.717) is 40.6 Å². The van der Waals surface area contributed by atoms with Crippen molar-refractivity contribution >= 4 is 39.1 Å². The number of halogens is 3. The Hall–Kier alpha value is -3.27. The highest BCUT2D eigenvalue weighted by Gasteiger charge is 2.27. The van der Waals surface area contributed by atoms with E-state index in [2.05, 4.69) is 10.1 Å². The van der Waals surface area contributed by atoms with Crippen molar-refractivity contribution in [2.24, 2.45) is 0 Å². The van der Waals surface area contributed by atoms with Gasteiger partial charge in [-0.1, -0.05) is 46.6 Å². The Morgan fingerprint density at radius 2 is 1.65 bits per heavy atom. The molecule has 4 aromatic rings. The molecule has 7 nitrogen and oxygen atoms in total. The van der Waals surface area contributed by atoms with Crippen LogP contribution in [-0.4, -0.2) is 24.5 Å². The van der Waals surface area contributed by atoms with Crippen LogP contribution >= 0.6 is 23.2 Å². The number of pyridine rings is 1. The molecule has 192 valence electrons. The molecule has 2 aromatic heterocycles. The first kappa shape index (κ1) is 26.8. The summed E-state index contributed by atoms with van der Waals surface area (Å²) in [6.45, 7) is 2.92. The van der Waals surface area contributed by atoms with E-state index in [-0.39, 0.29) is 27.9 Å². The van der Waals surface area contributed by atoms with Crippen LogP contribution in [0.2, 0.25) is 10.0 Å². The molecule has 0 aliphatic carbocycles. The second kappa shape index (κ2) is 11.0. The van der Waals surface area contributed by atoms with E-state index >= 15 is 0 Å². The summed E-state index contributed by atoms with van der Waals surface area (Å²) in [5.41, 5.74) is 2.95. The Bertz CT molecular complexity index is 1570. The molecular formula is C26H22Cl2FN3O4S. The Morgan fingerprint density at radius 1 is 0.973 bits per heavy atom. The molecule has 0 unspecified atom stereocenters. The highest BCUT2D eigenvalue weighted by molar-refractivity contribution is 7.90. The molecule has 2 aromatic carbocycles. The first-order chi connectivity index (χ1) is 17.5. The summed E-state index contributed by atoms with van der Waals surface area (Å²) in [5, 5.41) is 4.48. The monoisotopic (exact) mass is 561 g/mol. The maximum absolute atomic E-state index is 14.2. The van der Waals surface area contributed by atoms with Gasteiger partial charge in [-0.05, 0) is 79.8 Å². The van der Waals surface area contributed by atoms with Gasteiger partial charge in [-0.3, -0.25) is 4.79 Å². The molecular weight excluding hydrogens is 540 g/mol. The minimum absolute atomic E-state index is 0.0698.